The summed E-state index contributed by atoms with van der Waals surface area (Å²) in [5, 5.41) is 13.3. The molecule has 1 aliphatic carbocycles. The van der Waals surface area contributed by atoms with E-state index < -0.39 is 0 Å². The average Bonchev–Trinajstić information content (AvgIpc) is 2.97. The zero-order valence-electron chi connectivity index (χ0n) is 13.7. The molecule has 1 amide bonds. The van der Waals surface area contributed by atoms with Gasteiger partial charge in [0.2, 0.25) is 0 Å². The first-order valence-corrected chi connectivity index (χ1v) is 8.42. The largest absolute Gasteiger partial charge is 0.376 e. The Labute approximate surface area is 143 Å². The number of nitrogens with zero attached hydrogens (tertiary/aromatic N) is 1. The van der Waals surface area contributed by atoms with Gasteiger partial charge in [0.25, 0.3) is 5.91 Å². The van der Waals surface area contributed by atoms with E-state index in [1.165, 1.54) is 19.3 Å². The molecule has 2 unspecified atom stereocenters. The number of hydrogen-bond acceptors (Lipinski definition) is 4. The summed E-state index contributed by atoms with van der Waals surface area (Å²) in [4.78, 5) is 12.2. The molecule has 1 saturated carbocycles. The molecular formula is C16H27ClN4O2. The Bertz CT molecular complexity index is 520. The molecule has 0 bridgehead atoms. The van der Waals surface area contributed by atoms with Crippen LogP contribution in [-0.2, 0) is 17.7 Å². The summed E-state index contributed by atoms with van der Waals surface area (Å²) >= 11 is 0. The number of fused-ring (bicyclic) bond motifs is 1. The quantitative estimate of drug-likeness (QED) is 0.713. The maximum Gasteiger partial charge on any atom is 0.272 e. The second-order valence-corrected chi connectivity index (χ2v) is 6.38. The first-order valence-electron chi connectivity index (χ1n) is 8.42. The van der Waals surface area contributed by atoms with Gasteiger partial charge in [-0.05, 0) is 18.8 Å². The van der Waals surface area contributed by atoms with Crippen LogP contribution < -0.4 is 10.6 Å². The highest BCUT2D eigenvalue weighted by Crippen LogP contribution is 2.26. The molecule has 1 aromatic rings. The minimum absolute atomic E-state index is 0. The van der Waals surface area contributed by atoms with Gasteiger partial charge in [-0.25, -0.2) is 0 Å². The Morgan fingerprint density at radius 2 is 2.22 bits per heavy atom. The van der Waals surface area contributed by atoms with Gasteiger partial charge in [-0.15, -0.1) is 12.4 Å². The standard InChI is InChI=1S/C16H26N4O2.ClH/c1-11-4-2-3-5-14(11)22-9-8-18-16(21)15-12-10-17-7-6-13(12)19-20-15;/h11,14,17H,2-10H2,1H3,(H,18,21)(H,19,20);1H. The third-order valence-corrected chi connectivity index (χ3v) is 4.77. The lowest BCUT2D eigenvalue weighted by Crippen LogP contribution is -2.33. The molecular weight excluding hydrogens is 316 g/mol. The van der Waals surface area contributed by atoms with Crippen molar-refractivity contribution in [2.75, 3.05) is 19.7 Å². The van der Waals surface area contributed by atoms with Crippen molar-refractivity contribution in [3.05, 3.63) is 17.0 Å². The van der Waals surface area contributed by atoms with Crippen LogP contribution in [0.15, 0.2) is 0 Å². The third-order valence-electron chi connectivity index (χ3n) is 4.77. The van der Waals surface area contributed by atoms with Crippen LogP contribution in [0.1, 0.15) is 54.4 Å². The number of rotatable bonds is 5. The maximum absolute atomic E-state index is 12.2. The number of nitrogens with one attached hydrogen (secondary N) is 3. The van der Waals surface area contributed by atoms with E-state index in [-0.39, 0.29) is 18.3 Å². The van der Waals surface area contributed by atoms with Gasteiger partial charge in [0.15, 0.2) is 5.69 Å². The first-order chi connectivity index (χ1) is 10.8. The van der Waals surface area contributed by atoms with Gasteiger partial charge in [0.05, 0.1) is 12.7 Å². The molecule has 3 N–H and O–H groups in total. The second kappa shape index (κ2) is 8.66. The van der Waals surface area contributed by atoms with Crippen molar-refractivity contribution in [3.8, 4) is 0 Å². The highest BCUT2D eigenvalue weighted by Gasteiger charge is 2.23. The van der Waals surface area contributed by atoms with Crippen LogP contribution in [0.25, 0.3) is 0 Å². The zero-order chi connectivity index (χ0) is 15.4. The van der Waals surface area contributed by atoms with Crippen molar-refractivity contribution in [2.24, 2.45) is 5.92 Å². The SMILES string of the molecule is CC1CCCCC1OCCNC(=O)c1n[nH]c2c1CNCC2.Cl. The number of carbonyl (C=O) groups excluding carboxylic acids is 1. The van der Waals surface area contributed by atoms with Gasteiger partial charge in [-0.1, -0.05) is 19.8 Å². The maximum atomic E-state index is 12.2. The van der Waals surface area contributed by atoms with Crippen LogP contribution in [0.3, 0.4) is 0 Å². The summed E-state index contributed by atoms with van der Waals surface area (Å²) < 4.78 is 5.92. The van der Waals surface area contributed by atoms with E-state index in [0.29, 0.717) is 37.4 Å². The summed E-state index contributed by atoms with van der Waals surface area (Å²) in [5.74, 6) is 0.523. The zero-order valence-corrected chi connectivity index (χ0v) is 14.5. The molecule has 0 spiro atoms. The normalized spacial score (nSPS) is 23.7. The molecule has 1 fully saturated rings. The Morgan fingerprint density at radius 3 is 3.04 bits per heavy atom. The summed E-state index contributed by atoms with van der Waals surface area (Å²) in [5.41, 5.74) is 2.61. The fraction of sp³-hybridized carbons (Fsp3) is 0.750. The van der Waals surface area contributed by atoms with Crippen molar-refractivity contribution in [2.45, 2.75) is 51.7 Å². The topological polar surface area (TPSA) is 79.0 Å². The summed E-state index contributed by atoms with van der Waals surface area (Å²) in [6.07, 6.45) is 6.23. The molecule has 130 valence electrons. The van der Waals surface area contributed by atoms with Crippen molar-refractivity contribution < 1.29 is 9.53 Å². The Morgan fingerprint density at radius 1 is 1.39 bits per heavy atom. The molecule has 2 aliphatic rings. The smallest absolute Gasteiger partial charge is 0.272 e. The van der Waals surface area contributed by atoms with E-state index in [2.05, 4.69) is 27.8 Å². The van der Waals surface area contributed by atoms with Crippen LogP contribution >= 0.6 is 12.4 Å². The fourth-order valence-electron chi connectivity index (χ4n) is 3.40. The van der Waals surface area contributed by atoms with Crippen LogP contribution in [0.5, 0.6) is 0 Å². The van der Waals surface area contributed by atoms with Gasteiger partial charge in [-0.2, -0.15) is 5.10 Å². The van der Waals surface area contributed by atoms with E-state index in [1.807, 2.05) is 0 Å². The molecule has 1 aliphatic heterocycles. The fourth-order valence-corrected chi connectivity index (χ4v) is 3.40. The summed E-state index contributed by atoms with van der Waals surface area (Å²) in [6, 6.07) is 0. The van der Waals surface area contributed by atoms with Gasteiger partial charge < -0.3 is 15.4 Å². The van der Waals surface area contributed by atoms with E-state index in [1.54, 1.807) is 0 Å². The highest BCUT2D eigenvalue weighted by molar-refractivity contribution is 5.94. The Hall–Kier alpha value is -1.11. The van der Waals surface area contributed by atoms with Crippen molar-refractivity contribution >= 4 is 18.3 Å². The lowest BCUT2D eigenvalue weighted by molar-refractivity contribution is -0.00295. The molecule has 23 heavy (non-hydrogen) atoms. The molecule has 7 heteroatoms. The summed E-state index contributed by atoms with van der Waals surface area (Å²) in [7, 11) is 0. The van der Waals surface area contributed by atoms with Gasteiger partial charge in [0, 0.05) is 37.3 Å². The average molecular weight is 343 g/mol. The van der Waals surface area contributed by atoms with Crippen LogP contribution in [0, 0.1) is 5.92 Å². The molecule has 1 aromatic heterocycles. The minimum atomic E-state index is -0.110. The molecule has 0 aromatic carbocycles. The predicted octanol–water partition coefficient (Wildman–Crippen LogP) is 1.80. The lowest BCUT2D eigenvalue weighted by Gasteiger charge is -2.28. The predicted molar refractivity (Wildman–Crippen MR) is 91.0 cm³/mol. The second-order valence-electron chi connectivity index (χ2n) is 6.38. The van der Waals surface area contributed by atoms with Crippen LogP contribution in [0.4, 0.5) is 0 Å². The highest BCUT2D eigenvalue weighted by atomic mass is 35.5. The first kappa shape index (κ1) is 18.2. The number of aromatic amines is 1. The molecule has 2 heterocycles. The molecule has 3 rings (SSSR count). The van der Waals surface area contributed by atoms with Crippen molar-refractivity contribution in [1.82, 2.24) is 20.8 Å². The number of aromatic nitrogens is 2. The van der Waals surface area contributed by atoms with Crippen LogP contribution in [-0.4, -0.2) is 41.9 Å². The lowest BCUT2D eigenvalue weighted by atomic mass is 9.88. The molecule has 0 saturated heterocycles. The minimum Gasteiger partial charge on any atom is -0.376 e. The van der Waals surface area contributed by atoms with Gasteiger partial charge in [-0.3, -0.25) is 9.89 Å². The number of H-pyrrole nitrogens is 1. The molecule has 2 atom stereocenters. The summed E-state index contributed by atoms with van der Waals surface area (Å²) in [6.45, 7) is 5.02. The van der Waals surface area contributed by atoms with Crippen molar-refractivity contribution in [3.63, 3.8) is 0 Å². The van der Waals surface area contributed by atoms with E-state index in [4.69, 9.17) is 4.74 Å². The third kappa shape index (κ3) is 4.46. The monoisotopic (exact) mass is 342 g/mol. The van der Waals surface area contributed by atoms with Gasteiger partial charge >= 0.3 is 0 Å². The molecule has 6 nitrogen and oxygen atoms in total. The van der Waals surface area contributed by atoms with Crippen molar-refractivity contribution in [1.29, 1.82) is 0 Å². The molecule has 0 radical (unpaired) electrons. The van der Waals surface area contributed by atoms with Crippen LogP contribution in [0.2, 0.25) is 0 Å². The Balaban J connectivity index is 0.00000192. The van der Waals surface area contributed by atoms with E-state index >= 15 is 0 Å². The Kier molecular flexibility index (Phi) is 6.87. The van der Waals surface area contributed by atoms with E-state index in [9.17, 15) is 4.79 Å². The number of carbonyl (C=O) groups is 1. The number of halogens is 1. The number of amides is 1. The van der Waals surface area contributed by atoms with Gasteiger partial charge in [0.1, 0.15) is 0 Å². The number of hydrogen-bond donors (Lipinski definition) is 3. The number of ether oxygens (including phenoxy) is 1. The van der Waals surface area contributed by atoms with E-state index in [0.717, 1.165) is 30.6 Å².